The second kappa shape index (κ2) is 5.58. The summed E-state index contributed by atoms with van der Waals surface area (Å²) in [5.74, 6) is 1.10. The highest BCUT2D eigenvalue weighted by Gasteiger charge is 2.34. The lowest BCUT2D eigenvalue weighted by atomic mass is 9.86. The van der Waals surface area contributed by atoms with E-state index in [4.69, 9.17) is 9.47 Å². The van der Waals surface area contributed by atoms with Gasteiger partial charge in [0.25, 0.3) is 6.47 Å². The summed E-state index contributed by atoms with van der Waals surface area (Å²) < 4.78 is 10.4. The van der Waals surface area contributed by atoms with E-state index in [0.717, 1.165) is 11.1 Å². The van der Waals surface area contributed by atoms with E-state index in [-0.39, 0.29) is 6.61 Å². The number of hydrogen-bond acceptors (Lipinski definition) is 4. The Labute approximate surface area is 122 Å². The molecule has 1 unspecified atom stereocenters. The third-order valence-electron chi connectivity index (χ3n) is 3.61. The molecule has 4 heteroatoms. The van der Waals surface area contributed by atoms with Gasteiger partial charge in [0.15, 0.2) is 0 Å². The fraction of sp³-hybridized carbons (Fsp3) is 0.235. The van der Waals surface area contributed by atoms with Gasteiger partial charge < -0.3 is 14.6 Å². The maximum absolute atomic E-state index is 10.7. The first-order chi connectivity index (χ1) is 10.2. The molecule has 1 aliphatic rings. The predicted octanol–water partition coefficient (Wildman–Crippen LogP) is 2.13. The zero-order valence-electron chi connectivity index (χ0n) is 11.5. The summed E-state index contributed by atoms with van der Waals surface area (Å²) in [6.07, 6.45) is 1.05. The quantitative estimate of drug-likeness (QED) is 0.874. The fourth-order valence-electron chi connectivity index (χ4n) is 2.65. The Morgan fingerprint density at radius 1 is 1.24 bits per heavy atom. The van der Waals surface area contributed by atoms with Crippen molar-refractivity contribution in [1.82, 2.24) is 0 Å². The molecule has 0 bridgehead atoms. The third-order valence-corrected chi connectivity index (χ3v) is 3.61. The predicted molar refractivity (Wildman–Crippen MR) is 77.4 cm³/mol. The van der Waals surface area contributed by atoms with Crippen molar-refractivity contribution in [3.63, 3.8) is 0 Å². The average molecular weight is 284 g/mol. The third kappa shape index (κ3) is 3.06. The molecule has 4 nitrogen and oxygen atoms in total. The summed E-state index contributed by atoms with van der Waals surface area (Å²) in [6.45, 7) is 0.607. The minimum Gasteiger partial charge on any atom is -0.490 e. The molecule has 0 saturated carbocycles. The smallest absolute Gasteiger partial charge is 0.298 e. The van der Waals surface area contributed by atoms with E-state index in [1.165, 1.54) is 0 Å². The molecule has 1 aliphatic heterocycles. The van der Waals surface area contributed by atoms with Crippen LogP contribution < -0.4 is 9.47 Å². The van der Waals surface area contributed by atoms with Crippen LogP contribution in [-0.4, -0.2) is 23.8 Å². The largest absolute Gasteiger partial charge is 0.490 e. The van der Waals surface area contributed by atoms with Crippen LogP contribution in [-0.2, 0) is 17.6 Å². The van der Waals surface area contributed by atoms with Crippen LogP contribution in [0.5, 0.6) is 11.5 Å². The van der Waals surface area contributed by atoms with E-state index in [1.54, 1.807) is 12.1 Å². The van der Waals surface area contributed by atoms with Gasteiger partial charge in [0.1, 0.15) is 23.7 Å². The molecule has 0 aliphatic carbocycles. The van der Waals surface area contributed by atoms with Gasteiger partial charge in [-0.3, -0.25) is 4.79 Å². The van der Waals surface area contributed by atoms with Crippen LogP contribution in [0.4, 0.5) is 0 Å². The molecule has 0 saturated heterocycles. The van der Waals surface area contributed by atoms with E-state index in [9.17, 15) is 9.90 Å². The van der Waals surface area contributed by atoms with Crippen LogP contribution in [0.1, 0.15) is 11.1 Å². The van der Waals surface area contributed by atoms with Crippen LogP contribution in [0.25, 0.3) is 0 Å². The van der Waals surface area contributed by atoms with E-state index < -0.39 is 5.60 Å². The normalized spacial score (nSPS) is 20.2. The maximum atomic E-state index is 10.7. The van der Waals surface area contributed by atoms with Crippen molar-refractivity contribution in [3.8, 4) is 11.5 Å². The highest BCUT2D eigenvalue weighted by atomic mass is 16.5. The molecular formula is C17H16O4. The molecule has 0 spiro atoms. The molecule has 2 aromatic carbocycles. The fourth-order valence-corrected chi connectivity index (χ4v) is 2.65. The summed E-state index contributed by atoms with van der Waals surface area (Å²) in [7, 11) is 0. The molecule has 1 atom stereocenters. The van der Waals surface area contributed by atoms with Crippen molar-refractivity contribution in [1.29, 1.82) is 0 Å². The highest BCUT2D eigenvalue weighted by Crippen LogP contribution is 2.34. The average Bonchev–Trinajstić information content (AvgIpc) is 2.49. The molecule has 2 aromatic rings. The monoisotopic (exact) mass is 284 g/mol. The topological polar surface area (TPSA) is 55.8 Å². The zero-order chi connectivity index (χ0) is 14.7. The van der Waals surface area contributed by atoms with Crippen LogP contribution in [0.3, 0.4) is 0 Å². The van der Waals surface area contributed by atoms with Gasteiger partial charge >= 0.3 is 0 Å². The molecule has 0 amide bonds. The van der Waals surface area contributed by atoms with Gasteiger partial charge in [-0.25, -0.2) is 0 Å². The SMILES string of the molecule is O=COc1ccc2c(c1)OCC(O)(Cc1ccccc1)C2. The van der Waals surface area contributed by atoms with Gasteiger partial charge in [0.2, 0.25) is 0 Å². The number of ether oxygens (including phenoxy) is 2. The van der Waals surface area contributed by atoms with Crippen LogP contribution in [0.2, 0.25) is 0 Å². The summed E-state index contributed by atoms with van der Waals surface area (Å²) in [4.78, 5) is 10.3. The maximum Gasteiger partial charge on any atom is 0.298 e. The van der Waals surface area contributed by atoms with Crippen LogP contribution in [0.15, 0.2) is 48.5 Å². The number of carbonyl (C=O) groups excluding carboxylic acids is 1. The summed E-state index contributed by atoms with van der Waals surface area (Å²) in [6, 6.07) is 15.1. The molecule has 3 rings (SSSR count). The summed E-state index contributed by atoms with van der Waals surface area (Å²) in [5.41, 5.74) is 1.08. The molecule has 1 N–H and O–H groups in total. The standard InChI is InChI=1S/C17H16O4/c18-12-21-15-7-6-14-10-17(19,11-20-16(14)8-15)9-13-4-2-1-3-5-13/h1-8,12,19H,9-11H2. The van der Waals surface area contributed by atoms with Gasteiger partial charge in [-0.1, -0.05) is 36.4 Å². The number of rotatable bonds is 4. The Kier molecular flexibility index (Phi) is 3.62. The molecule has 108 valence electrons. The van der Waals surface area contributed by atoms with E-state index >= 15 is 0 Å². The Bertz CT molecular complexity index is 638. The van der Waals surface area contributed by atoms with Crippen molar-refractivity contribution >= 4 is 6.47 Å². The van der Waals surface area contributed by atoms with Crippen molar-refractivity contribution in [2.75, 3.05) is 6.61 Å². The molecule has 0 radical (unpaired) electrons. The van der Waals surface area contributed by atoms with Crippen molar-refractivity contribution in [3.05, 3.63) is 59.7 Å². The Hall–Kier alpha value is -2.33. The molecule has 0 aromatic heterocycles. The highest BCUT2D eigenvalue weighted by molar-refractivity contribution is 5.49. The molecular weight excluding hydrogens is 268 g/mol. The lowest BCUT2D eigenvalue weighted by Crippen LogP contribution is -2.43. The second-order valence-corrected chi connectivity index (χ2v) is 5.34. The van der Waals surface area contributed by atoms with Gasteiger partial charge in [0, 0.05) is 18.9 Å². The zero-order valence-corrected chi connectivity index (χ0v) is 11.5. The lowest BCUT2D eigenvalue weighted by molar-refractivity contribution is -0.120. The van der Waals surface area contributed by atoms with E-state index in [0.29, 0.717) is 30.8 Å². The number of benzene rings is 2. The van der Waals surface area contributed by atoms with Crippen LogP contribution >= 0.6 is 0 Å². The van der Waals surface area contributed by atoms with Crippen molar-refractivity contribution in [2.24, 2.45) is 0 Å². The van der Waals surface area contributed by atoms with E-state index in [1.807, 2.05) is 36.4 Å². The summed E-state index contributed by atoms with van der Waals surface area (Å²) >= 11 is 0. The van der Waals surface area contributed by atoms with Crippen molar-refractivity contribution in [2.45, 2.75) is 18.4 Å². The van der Waals surface area contributed by atoms with Crippen molar-refractivity contribution < 1.29 is 19.4 Å². The Morgan fingerprint density at radius 3 is 2.81 bits per heavy atom. The van der Waals surface area contributed by atoms with Gasteiger partial charge in [0.05, 0.1) is 0 Å². The Balaban J connectivity index is 1.78. The first-order valence-electron chi connectivity index (χ1n) is 6.81. The Morgan fingerprint density at radius 2 is 2.05 bits per heavy atom. The van der Waals surface area contributed by atoms with Gasteiger partial charge in [-0.2, -0.15) is 0 Å². The minimum absolute atomic E-state index is 0.222. The van der Waals surface area contributed by atoms with Crippen LogP contribution in [0, 0.1) is 0 Å². The molecule has 21 heavy (non-hydrogen) atoms. The first-order valence-corrected chi connectivity index (χ1v) is 6.81. The summed E-state index contributed by atoms with van der Waals surface area (Å²) in [5, 5.41) is 10.7. The minimum atomic E-state index is -0.915. The second-order valence-electron chi connectivity index (χ2n) is 5.34. The number of hydrogen-bond donors (Lipinski definition) is 1. The van der Waals surface area contributed by atoms with Gasteiger partial charge in [-0.15, -0.1) is 0 Å². The number of fused-ring (bicyclic) bond motifs is 1. The van der Waals surface area contributed by atoms with Gasteiger partial charge in [-0.05, 0) is 17.2 Å². The number of aliphatic hydroxyl groups is 1. The van der Waals surface area contributed by atoms with E-state index in [2.05, 4.69) is 0 Å². The molecule has 1 heterocycles. The number of carbonyl (C=O) groups is 1. The lowest BCUT2D eigenvalue weighted by Gasteiger charge is -2.33. The molecule has 0 fully saturated rings. The first kappa shape index (κ1) is 13.6.